The highest BCUT2D eigenvalue weighted by Gasteiger charge is 2.09. The lowest BCUT2D eigenvalue weighted by molar-refractivity contribution is 0.166. The Bertz CT molecular complexity index is 451. The van der Waals surface area contributed by atoms with Crippen LogP contribution in [0.5, 0.6) is 0 Å². The zero-order valence-corrected chi connectivity index (χ0v) is 12.0. The molecule has 1 N–H and O–H groups in total. The van der Waals surface area contributed by atoms with E-state index >= 15 is 0 Å². The summed E-state index contributed by atoms with van der Waals surface area (Å²) in [6.07, 6.45) is 5.71. The third-order valence-corrected chi connectivity index (χ3v) is 4.82. The fourth-order valence-electron chi connectivity index (χ4n) is 1.85. The number of hydrogen-bond donors (Lipinski definition) is 1. The highest BCUT2D eigenvalue weighted by molar-refractivity contribution is 7.91. The normalized spacial score (nSPS) is 13.7. The average molecular weight is 273 g/mol. The minimum atomic E-state index is -2.87. The van der Waals surface area contributed by atoms with Crippen molar-refractivity contribution in [3.8, 4) is 0 Å². The summed E-state index contributed by atoms with van der Waals surface area (Å²) in [7, 11) is -2.87. The van der Waals surface area contributed by atoms with Crippen molar-refractivity contribution < 1.29 is 13.5 Å². The molecule has 1 atom stereocenters. The van der Waals surface area contributed by atoms with Gasteiger partial charge in [0.15, 0.2) is 0 Å². The van der Waals surface area contributed by atoms with Crippen LogP contribution in [0.2, 0.25) is 0 Å². The summed E-state index contributed by atoms with van der Waals surface area (Å²) in [5.41, 5.74) is 0.912. The van der Waals surface area contributed by atoms with Crippen LogP contribution in [0.4, 0.5) is 0 Å². The topological polar surface area (TPSA) is 59.3 Å². The maximum Gasteiger partial charge on any atom is 0.150 e. The Morgan fingerprint density at radius 1 is 1.39 bits per heavy atom. The standard InChI is InChI=1S/C13H23NO3S/c1-3-6-13(15)12-7-9-14(11-12)8-5-10-18(16,17)4-2/h7,9,11,13,15H,3-6,8,10H2,1-2H3. The Kier molecular flexibility index (Phi) is 5.88. The van der Waals surface area contributed by atoms with Crippen LogP contribution in [0.3, 0.4) is 0 Å². The molecule has 0 spiro atoms. The van der Waals surface area contributed by atoms with Gasteiger partial charge in [0.1, 0.15) is 9.84 Å². The summed E-state index contributed by atoms with van der Waals surface area (Å²) in [6.45, 7) is 4.39. The van der Waals surface area contributed by atoms with Crippen LogP contribution in [-0.2, 0) is 16.4 Å². The zero-order chi connectivity index (χ0) is 13.6. The molecule has 0 aliphatic rings. The van der Waals surface area contributed by atoms with Gasteiger partial charge >= 0.3 is 0 Å². The molecule has 0 saturated carbocycles. The van der Waals surface area contributed by atoms with Crippen molar-refractivity contribution in [1.29, 1.82) is 0 Å². The fourth-order valence-corrected chi connectivity index (χ4v) is 2.70. The summed E-state index contributed by atoms with van der Waals surface area (Å²) >= 11 is 0. The molecular formula is C13H23NO3S. The quantitative estimate of drug-likeness (QED) is 0.789. The molecular weight excluding hydrogens is 250 g/mol. The van der Waals surface area contributed by atoms with Gasteiger partial charge in [0, 0.05) is 24.7 Å². The number of aliphatic hydroxyl groups is 1. The summed E-state index contributed by atoms with van der Waals surface area (Å²) in [5, 5.41) is 9.82. The third kappa shape index (κ3) is 4.82. The lowest BCUT2D eigenvalue weighted by Crippen LogP contribution is -2.10. The van der Waals surface area contributed by atoms with Gasteiger partial charge in [-0.05, 0) is 24.5 Å². The molecule has 0 aromatic carbocycles. The number of aliphatic hydroxyl groups excluding tert-OH is 1. The molecule has 18 heavy (non-hydrogen) atoms. The maximum atomic E-state index is 11.3. The molecule has 1 heterocycles. The molecule has 5 heteroatoms. The highest BCUT2D eigenvalue weighted by Crippen LogP contribution is 2.18. The van der Waals surface area contributed by atoms with Crippen LogP contribution in [0.25, 0.3) is 0 Å². The van der Waals surface area contributed by atoms with Gasteiger partial charge in [-0.3, -0.25) is 0 Å². The second kappa shape index (κ2) is 6.95. The molecule has 0 aliphatic heterocycles. The van der Waals surface area contributed by atoms with E-state index in [9.17, 15) is 13.5 Å². The summed E-state index contributed by atoms with van der Waals surface area (Å²) in [4.78, 5) is 0. The second-order valence-corrected chi connectivity index (χ2v) is 7.05. The van der Waals surface area contributed by atoms with Crippen molar-refractivity contribution in [1.82, 2.24) is 4.57 Å². The van der Waals surface area contributed by atoms with E-state index in [2.05, 4.69) is 0 Å². The molecule has 1 aromatic rings. The van der Waals surface area contributed by atoms with E-state index in [1.165, 1.54) is 0 Å². The number of hydrogen-bond acceptors (Lipinski definition) is 3. The van der Waals surface area contributed by atoms with Crippen LogP contribution in [0, 0.1) is 0 Å². The first-order chi connectivity index (χ1) is 8.48. The first kappa shape index (κ1) is 15.2. The van der Waals surface area contributed by atoms with Gasteiger partial charge in [0.25, 0.3) is 0 Å². The van der Waals surface area contributed by atoms with Gasteiger partial charge in [-0.1, -0.05) is 20.3 Å². The predicted molar refractivity (Wildman–Crippen MR) is 73.2 cm³/mol. The highest BCUT2D eigenvalue weighted by atomic mass is 32.2. The van der Waals surface area contributed by atoms with Crippen molar-refractivity contribution in [3.63, 3.8) is 0 Å². The summed E-state index contributed by atoms with van der Waals surface area (Å²) in [6, 6.07) is 1.90. The third-order valence-electron chi connectivity index (χ3n) is 3.03. The Balaban J connectivity index is 2.45. The Morgan fingerprint density at radius 3 is 2.72 bits per heavy atom. The van der Waals surface area contributed by atoms with Crippen molar-refractivity contribution in [3.05, 3.63) is 24.0 Å². The van der Waals surface area contributed by atoms with Gasteiger partial charge in [0.2, 0.25) is 0 Å². The first-order valence-electron chi connectivity index (χ1n) is 6.52. The lowest BCUT2D eigenvalue weighted by Gasteiger charge is -2.06. The number of aryl methyl sites for hydroxylation is 1. The largest absolute Gasteiger partial charge is 0.388 e. The van der Waals surface area contributed by atoms with Crippen molar-refractivity contribution in [2.75, 3.05) is 11.5 Å². The molecule has 0 fully saturated rings. The van der Waals surface area contributed by atoms with Crippen LogP contribution in [0.1, 0.15) is 44.8 Å². The van der Waals surface area contributed by atoms with Gasteiger partial charge in [-0.25, -0.2) is 8.42 Å². The summed E-state index contributed by atoms with van der Waals surface area (Å²) < 4.78 is 24.6. The van der Waals surface area contributed by atoms with Crippen molar-refractivity contribution in [2.45, 2.75) is 45.8 Å². The van der Waals surface area contributed by atoms with E-state index in [1.807, 2.05) is 30.0 Å². The molecule has 0 aliphatic carbocycles. The molecule has 1 rings (SSSR count). The minimum absolute atomic E-state index is 0.207. The second-order valence-electron chi connectivity index (χ2n) is 4.58. The van der Waals surface area contributed by atoms with Gasteiger partial charge in [-0.2, -0.15) is 0 Å². The molecule has 1 aromatic heterocycles. The SMILES string of the molecule is CCCC(O)c1ccn(CCCS(=O)(=O)CC)c1. The number of sulfone groups is 1. The van der Waals surface area contributed by atoms with E-state index in [0.29, 0.717) is 13.0 Å². The lowest BCUT2D eigenvalue weighted by atomic mass is 10.1. The zero-order valence-electron chi connectivity index (χ0n) is 11.2. The monoisotopic (exact) mass is 273 g/mol. The Labute approximate surface area is 110 Å². The summed E-state index contributed by atoms with van der Waals surface area (Å²) in [5.74, 6) is 0.438. The van der Waals surface area contributed by atoms with E-state index in [1.54, 1.807) is 6.92 Å². The molecule has 0 amide bonds. The van der Waals surface area contributed by atoms with Crippen molar-refractivity contribution in [2.24, 2.45) is 0 Å². The van der Waals surface area contributed by atoms with Crippen LogP contribution >= 0.6 is 0 Å². The first-order valence-corrected chi connectivity index (χ1v) is 8.34. The van der Waals surface area contributed by atoms with E-state index in [-0.39, 0.29) is 11.5 Å². The fraction of sp³-hybridized carbons (Fsp3) is 0.692. The van der Waals surface area contributed by atoms with E-state index in [4.69, 9.17) is 0 Å². The molecule has 0 saturated heterocycles. The van der Waals surface area contributed by atoms with Crippen LogP contribution in [-0.4, -0.2) is 29.6 Å². The van der Waals surface area contributed by atoms with E-state index < -0.39 is 15.9 Å². The number of nitrogens with zero attached hydrogens (tertiary/aromatic N) is 1. The smallest absolute Gasteiger partial charge is 0.150 e. The molecule has 0 radical (unpaired) electrons. The predicted octanol–water partition coefficient (Wildman–Crippen LogP) is 2.15. The number of rotatable bonds is 8. The van der Waals surface area contributed by atoms with E-state index in [0.717, 1.165) is 18.4 Å². The minimum Gasteiger partial charge on any atom is -0.388 e. The Hall–Kier alpha value is -0.810. The number of aromatic nitrogens is 1. The van der Waals surface area contributed by atoms with Crippen molar-refractivity contribution >= 4 is 9.84 Å². The van der Waals surface area contributed by atoms with Gasteiger partial charge in [-0.15, -0.1) is 0 Å². The molecule has 104 valence electrons. The van der Waals surface area contributed by atoms with Crippen LogP contribution in [0.15, 0.2) is 18.5 Å². The average Bonchev–Trinajstić information content (AvgIpc) is 2.78. The molecule has 0 bridgehead atoms. The van der Waals surface area contributed by atoms with Crippen LogP contribution < -0.4 is 0 Å². The Morgan fingerprint density at radius 2 is 2.11 bits per heavy atom. The molecule has 4 nitrogen and oxygen atoms in total. The molecule has 1 unspecified atom stereocenters. The maximum absolute atomic E-state index is 11.3. The van der Waals surface area contributed by atoms with Gasteiger partial charge in [0.05, 0.1) is 11.9 Å². The van der Waals surface area contributed by atoms with Gasteiger partial charge < -0.3 is 9.67 Å².